The fourth-order valence-electron chi connectivity index (χ4n) is 4.86. The fourth-order valence-corrected chi connectivity index (χ4v) is 6.71. The molecule has 0 fully saturated rings. The second kappa shape index (κ2) is 14.1. The standard InChI is InChI=1S/C31H43ClN4O6S/c1-21-17-25(41-8)18-22(2)28(21)43(39,40)35(7)15-10-9-11-27(37)34(6)20-24-13-12-23(19-26(24)32)29-33-14-16-36(29)30(38)42-31(3,4)5/h12-13,17-19H,9-11,14-16,20H2,1-8H3. The van der Waals surface area contributed by atoms with E-state index in [1.165, 1.54) is 9.21 Å². The molecule has 1 aliphatic heterocycles. The monoisotopic (exact) mass is 634 g/mol. The Morgan fingerprint density at radius 1 is 1.07 bits per heavy atom. The van der Waals surface area contributed by atoms with Crippen LogP contribution < -0.4 is 4.74 Å². The van der Waals surface area contributed by atoms with Crippen LogP contribution in [0.15, 0.2) is 40.2 Å². The van der Waals surface area contributed by atoms with Gasteiger partial charge >= 0.3 is 6.09 Å². The summed E-state index contributed by atoms with van der Waals surface area (Å²) in [4.78, 5) is 33.3. The van der Waals surface area contributed by atoms with Crippen molar-refractivity contribution in [3.05, 3.63) is 57.6 Å². The summed E-state index contributed by atoms with van der Waals surface area (Å²) in [5.74, 6) is 1.06. The predicted octanol–water partition coefficient (Wildman–Crippen LogP) is 5.41. The van der Waals surface area contributed by atoms with Crippen molar-refractivity contribution >= 4 is 39.5 Å². The SMILES string of the molecule is COc1cc(C)c(S(=O)(=O)N(C)CCCCC(=O)N(C)Cc2ccc(C3=NCCN3C(=O)OC(C)(C)C)cc2Cl)c(C)c1. The number of carbonyl (C=O) groups is 2. The van der Waals surface area contributed by atoms with Crippen LogP contribution in [0.1, 0.15) is 62.3 Å². The van der Waals surface area contributed by atoms with Gasteiger partial charge in [-0.05, 0) is 82.3 Å². The number of methoxy groups -OCH3 is 1. The van der Waals surface area contributed by atoms with Crippen LogP contribution in [0.4, 0.5) is 4.79 Å². The van der Waals surface area contributed by atoms with E-state index in [-0.39, 0.29) is 17.2 Å². The van der Waals surface area contributed by atoms with Crippen molar-refractivity contribution in [1.29, 1.82) is 0 Å². The summed E-state index contributed by atoms with van der Waals surface area (Å²) in [5.41, 5.74) is 2.10. The molecule has 0 unspecified atom stereocenters. The van der Waals surface area contributed by atoms with E-state index in [1.54, 1.807) is 58.2 Å². The first-order valence-corrected chi connectivity index (χ1v) is 16.1. The Morgan fingerprint density at radius 3 is 2.30 bits per heavy atom. The minimum Gasteiger partial charge on any atom is -0.497 e. The summed E-state index contributed by atoms with van der Waals surface area (Å²) in [6, 6.07) is 8.84. The van der Waals surface area contributed by atoms with E-state index < -0.39 is 21.7 Å². The van der Waals surface area contributed by atoms with E-state index in [0.717, 1.165) is 5.56 Å². The van der Waals surface area contributed by atoms with Crippen molar-refractivity contribution in [3.8, 4) is 5.75 Å². The molecule has 1 aliphatic rings. The number of unbranched alkanes of at least 4 members (excludes halogenated alkanes) is 1. The molecule has 43 heavy (non-hydrogen) atoms. The largest absolute Gasteiger partial charge is 0.497 e. The molecule has 2 aromatic rings. The lowest BCUT2D eigenvalue weighted by Gasteiger charge is -2.25. The van der Waals surface area contributed by atoms with E-state index in [0.29, 0.717) is 72.3 Å². The number of halogens is 1. The Balaban J connectivity index is 1.53. The molecule has 0 radical (unpaired) electrons. The van der Waals surface area contributed by atoms with E-state index >= 15 is 0 Å². The first-order valence-electron chi connectivity index (χ1n) is 14.2. The minimum atomic E-state index is -3.68. The zero-order valence-corrected chi connectivity index (χ0v) is 27.9. The van der Waals surface area contributed by atoms with Gasteiger partial charge in [0.25, 0.3) is 0 Å². The number of rotatable bonds is 11. The molecule has 0 aliphatic carbocycles. The Hall–Kier alpha value is -3.15. The van der Waals surface area contributed by atoms with Gasteiger partial charge in [0.05, 0.1) is 25.1 Å². The lowest BCUT2D eigenvalue weighted by Crippen LogP contribution is -2.39. The van der Waals surface area contributed by atoms with Crippen molar-refractivity contribution in [2.45, 2.75) is 70.9 Å². The normalized spacial score (nSPS) is 13.7. The van der Waals surface area contributed by atoms with Crippen LogP contribution in [0.3, 0.4) is 0 Å². The molecular formula is C31H43ClN4O6S. The van der Waals surface area contributed by atoms with E-state index in [9.17, 15) is 18.0 Å². The van der Waals surface area contributed by atoms with Gasteiger partial charge in [0.15, 0.2) is 0 Å². The highest BCUT2D eigenvalue weighted by molar-refractivity contribution is 7.89. The number of carbonyl (C=O) groups excluding carboxylic acids is 2. The molecule has 1 heterocycles. The summed E-state index contributed by atoms with van der Waals surface area (Å²) in [6.07, 6.45) is 0.901. The molecule has 3 rings (SSSR count). The number of sulfonamides is 1. The molecule has 2 amide bonds. The highest BCUT2D eigenvalue weighted by atomic mass is 35.5. The zero-order valence-electron chi connectivity index (χ0n) is 26.4. The molecule has 0 saturated heterocycles. The number of aliphatic imine (C=N–C) groups is 1. The van der Waals surface area contributed by atoms with Gasteiger partial charge in [0.1, 0.15) is 17.2 Å². The zero-order chi connectivity index (χ0) is 32.1. The van der Waals surface area contributed by atoms with Crippen LogP contribution in [0.5, 0.6) is 5.75 Å². The van der Waals surface area contributed by atoms with E-state index in [1.807, 2.05) is 32.9 Å². The third-order valence-electron chi connectivity index (χ3n) is 7.05. The summed E-state index contributed by atoms with van der Waals surface area (Å²) < 4.78 is 38.5. The van der Waals surface area contributed by atoms with Crippen molar-refractivity contribution in [3.63, 3.8) is 0 Å². The van der Waals surface area contributed by atoms with Crippen LogP contribution in [-0.2, 0) is 26.1 Å². The number of hydrogen-bond donors (Lipinski definition) is 0. The maximum absolute atomic E-state index is 13.2. The number of amidine groups is 1. The molecule has 0 spiro atoms. The van der Waals surface area contributed by atoms with Crippen LogP contribution >= 0.6 is 11.6 Å². The Labute approximate surface area is 260 Å². The number of nitrogens with zero attached hydrogens (tertiary/aromatic N) is 4. The minimum absolute atomic E-state index is 0.0660. The fraction of sp³-hybridized carbons (Fsp3) is 0.516. The van der Waals surface area contributed by atoms with Crippen molar-refractivity contribution in [2.75, 3.05) is 40.8 Å². The maximum atomic E-state index is 13.2. The molecule has 10 nitrogen and oxygen atoms in total. The van der Waals surface area contributed by atoms with Crippen LogP contribution in [0.2, 0.25) is 5.02 Å². The Kier molecular flexibility index (Phi) is 11.3. The average molecular weight is 635 g/mol. The maximum Gasteiger partial charge on any atom is 0.416 e. The van der Waals surface area contributed by atoms with Crippen molar-refractivity contribution in [2.24, 2.45) is 4.99 Å². The van der Waals surface area contributed by atoms with Gasteiger partial charge in [-0.15, -0.1) is 0 Å². The topological polar surface area (TPSA) is 109 Å². The van der Waals surface area contributed by atoms with Crippen molar-refractivity contribution < 1.29 is 27.5 Å². The first kappa shape index (κ1) is 34.3. The number of aryl methyl sites for hydroxylation is 2. The van der Waals surface area contributed by atoms with E-state index in [2.05, 4.69) is 4.99 Å². The van der Waals surface area contributed by atoms with Gasteiger partial charge in [0.2, 0.25) is 15.9 Å². The third-order valence-corrected chi connectivity index (χ3v) is 9.57. The molecule has 0 atom stereocenters. The van der Waals surface area contributed by atoms with Crippen LogP contribution in [0.25, 0.3) is 0 Å². The molecule has 12 heteroatoms. The molecule has 2 aromatic carbocycles. The van der Waals surface area contributed by atoms with Gasteiger partial charge in [-0.2, -0.15) is 0 Å². The Bertz CT molecular complexity index is 1460. The molecule has 0 saturated carbocycles. The number of benzene rings is 2. The molecule has 0 aromatic heterocycles. The summed E-state index contributed by atoms with van der Waals surface area (Å²) in [6.45, 7) is 10.5. The summed E-state index contributed by atoms with van der Waals surface area (Å²) >= 11 is 6.59. The van der Waals surface area contributed by atoms with Crippen LogP contribution in [-0.4, -0.2) is 86.8 Å². The van der Waals surface area contributed by atoms with Crippen molar-refractivity contribution in [1.82, 2.24) is 14.1 Å². The van der Waals surface area contributed by atoms with Crippen LogP contribution in [0, 0.1) is 13.8 Å². The van der Waals surface area contributed by atoms with Gasteiger partial charge < -0.3 is 14.4 Å². The summed E-state index contributed by atoms with van der Waals surface area (Å²) in [5, 5.41) is 0.465. The molecule has 0 bridgehead atoms. The smallest absolute Gasteiger partial charge is 0.416 e. The lowest BCUT2D eigenvalue weighted by molar-refractivity contribution is -0.130. The first-order chi connectivity index (χ1) is 20.0. The van der Waals surface area contributed by atoms with Gasteiger partial charge in [-0.25, -0.2) is 17.5 Å². The third kappa shape index (κ3) is 8.70. The van der Waals surface area contributed by atoms with Gasteiger partial charge in [0, 0.05) is 44.2 Å². The quantitative estimate of drug-likeness (QED) is 0.306. The second-order valence-electron chi connectivity index (χ2n) is 11.8. The predicted molar refractivity (Wildman–Crippen MR) is 168 cm³/mol. The van der Waals surface area contributed by atoms with Gasteiger partial charge in [-0.3, -0.25) is 14.7 Å². The highest BCUT2D eigenvalue weighted by Gasteiger charge is 2.30. The van der Waals surface area contributed by atoms with Gasteiger partial charge in [-0.1, -0.05) is 23.7 Å². The highest BCUT2D eigenvalue weighted by Crippen LogP contribution is 2.28. The summed E-state index contributed by atoms with van der Waals surface area (Å²) in [7, 11) is 1.13. The molecular weight excluding hydrogens is 592 g/mol. The Morgan fingerprint density at radius 2 is 1.72 bits per heavy atom. The average Bonchev–Trinajstić information content (AvgIpc) is 3.40. The second-order valence-corrected chi connectivity index (χ2v) is 14.2. The number of amides is 2. The number of hydrogen-bond acceptors (Lipinski definition) is 7. The molecule has 236 valence electrons. The lowest BCUT2D eigenvalue weighted by atomic mass is 10.1. The number of ether oxygens (including phenoxy) is 2. The van der Waals surface area contributed by atoms with E-state index in [4.69, 9.17) is 21.1 Å². The molecule has 0 N–H and O–H groups in total.